The number of quaternary nitrogens is 1. The molecule has 0 atom stereocenters. The Balaban J connectivity index is 3.60. The van der Waals surface area contributed by atoms with Crippen LogP contribution in [0.4, 0.5) is 4.79 Å². The van der Waals surface area contributed by atoms with Gasteiger partial charge in [0.15, 0.2) is 0 Å². The lowest BCUT2D eigenvalue weighted by molar-refractivity contribution is -1.04. The van der Waals surface area contributed by atoms with E-state index in [9.17, 15) is 4.79 Å². The maximum Gasteiger partial charge on any atom is 0.461 e. The van der Waals surface area contributed by atoms with Gasteiger partial charge in [0, 0.05) is 7.05 Å². The van der Waals surface area contributed by atoms with E-state index < -0.39 is 6.09 Å². The Hall–Kier alpha value is -0.770. The Bertz CT molecular complexity index is 106. The zero-order valence-electron chi connectivity index (χ0n) is 6.26. The van der Waals surface area contributed by atoms with Gasteiger partial charge in [0.25, 0.3) is 0 Å². The molecule has 0 saturated carbocycles. The Morgan fingerprint density at radius 2 is 1.89 bits per heavy atom. The van der Waals surface area contributed by atoms with E-state index in [0.717, 1.165) is 0 Å². The third kappa shape index (κ3) is 5.10. The molecule has 54 valence electrons. The van der Waals surface area contributed by atoms with Gasteiger partial charge in [0.1, 0.15) is 21.1 Å². The first-order valence-electron chi connectivity index (χ1n) is 2.68. The molecule has 0 spiro atoms. The molecule has 0 aromatic heterocycles. The summed E-state index contributed by atoms with van der Waals surface area (Å²) in [5, 5.41) is 2.34. The van der Waals surface area contributed by atoms with Crippen LogP contribution in [-0.4, -0.2) is 38.9 Å². The first-order valence-corrected chi connectivity index (χ1v) is 2.68. The Kier molecular flexibility index (Phi) is 2.45. The van der Waals surface area contributed by atoms with Crippen molar-refractivity contribution in [2.45, 2.75) is 0 Å². The van der Waals surface area contributed by atoms with Crippen LogP contribution in [0.3, 0.4) is 0 Å². The molecule has 4 nitrogen and oxygen atoms in total. The minimum absolute atomic E-state index is 0.180. The predicted molar refractivity (Wildman–Crippen MR) is 33.6 cm³/mol. The molecular weight excluding hydrogens is 120 g/mol. The second-order valence-corrected chi connectivity index (χ2v) is 2.52. The molecule has 0 aliphatic rings. The van der Waals surface area contributed by atoms with Crippen LogP contribution in [0.2, 0.25) is 0 Å². The Labute approximate surface area is 54.9 Å². The lowest BCUT2D eigenvalue weighted by atomic mass is 10.9. The third-order valence-corrected chi connectivity index (χ3v) is 0.561. The van der Waals surface area contributed by atoms with Crippen LogP contribution in [0, 0.1) is 0 Å². The number of nitrogens with one attached hydrogen (secondary N) is 1. The van der Waals surface area contributed by atoms with Crippen LogP contribution in [0.15, 0.2) is 0 Å². The molecule has 0 aromatic carbocycles. The topological polar surface area (TPSA) is 38.3 Å². The van der Waals surface area contributed by atoms with Gasteiger partial charge in [0.05, 0.1) is 0 Å². The van der Waals surface area contributed by atoms with Gasteiger partial charge in [-0.1, -0.05) is 0 Å². The lowest BCUT2D eigenvalue weighted by Crippen LogP contribution is -2.40. The van der Waals surface area contributed by atoms with Crippen LogP contribution in [-0.2, 0) is 4.84 Å². The van der Waals surface area contributed by atoms with Crippen LogP contribution in [0.1, 0.15) is 0 Å². The summed E-state index contributed by atoms with van der Waals surface area (Å²) in [4.78, 5) is 15.3. The SMILES string of the molecule is CNC(=O)O[N+](C)(C)C. The fourth-order valence-electron chi connectivity index (χ4n) is 0.294. The maximum atomic E-state index is 10.5. The van der Waals surface area contributed by atoms with Crippen molar-refractivity contribution in [3.8, 4) is 0 Å². The molecule has 1 N–H and O–H groups in total. The summed E-state index contributed by atoms with van der Waals surface area (Å²) in [6.07, 6.45) is -0.414. The maximum absolute atomic E-state index is 10.5. The number of carbonyl (C=O) groups excluding carboxylic acids is 1. The monoisotopic (exact) mass is 133 g/mol. The highest BCUT2D eigenvalue weighted by atomic mass is 16.7. The molecule has 4 heteroatoms. The molecule has 0 aliphatic heterocycles. The van der Waals surface area contributed by atoms with E-state index in [0.29, 0.717) is 0 Å². The van der Waals surface area contributed by atoms with Crippen LogP contribution in [0.25, 0.3) is 0 Å². The van der Waals surface area contributed by atoms with Gasteiger partial charge >= 0.3 is 6.09 Å². The van der Waals surface area contributed by atoms with E-state index in [-0.39, 0.29) is 4.65 Å². The van der Waals surface area contributed by atoms with E-state index in [1.807, 2.05) is 0 Å². The summed E-state index contributed by atoms with van der Waals surface area (Å²) in [5.41, 5.74) is 0. The number of hydrogen-bond acceptors (Lipinski definition) is 2. The molecule has 0 aromatic rings. The molecule has 0 unspecified atom stereocenters. The summed E-state index contributed by atoms with van der Waals surface area (Å²) >= 11 is 0. The summed E-state index contributed by atoms with van der Waals surface area (Å²) in [6.45, 7) is 0. The van der Waals surface area contributed by atoms with Crippen LogP contribution in [0.5, 0.6) is 0 Å². The molecule has 0 heterocycles. The van der Waals surface area contributed by atoms with E-state index >= 15 is 0 Å². The van der Waals surface area contributed by atoms with E-state index in [1.165, 1.54) is 7.05 Å². The second kappa shape index (κ2) is 2.68. The number of hydrogen-bond donors (Lipinski definition) is 1. The van der Waals surface area contributed by atoms with Gasteiger partial charge in [0.2, 0.25) is 0 Å². The average Bonchev–Trinajstić information content (AvgIpc) is 1.62. The zero-order valence-corrected chi connectivity index (χ0v) is 6.26. The summed E-state index contributed by atoms with van der Waals surface area (Å²) in [5.74, 6) is 0. The molecule has 1 amide bonds. The van der Waals surface area contributed by atoms with E-state index in [1.54, 1.807) is 21.1 Å². The number of hydroxylamine groups is 3. The minimum Gasteiger partial charge on any atom is -0.320 e. The number of amides is 1. The lowest BCUT2D eigenvalue weighted by Gasteiger charge is -2.19. The Morgan fingerprint density at radius 1 is 1.44 bits per heavy atom. The predicted octanol–water partition coefficient (Wildman–Crippen LogP) is -0.0364. The quantitative estimate of drug-likeness (QED) is 0.403. The summed E-state index contributed by atoms with van der Waals surface area (Å²) in [6, 6.07) is 0. The smallest absolute Gasteiger partial charge is 0.320 e. The summed E-state index contributed by atoms with van der Waals surface area (Å²) in [7, 11) is 6.80. The van der Waals surface area contributed by atoms with Gasteiger partial charge < -0.3 is 5.32 Å². The molecule has 0 rings (SSSR count). The highest BCUT2D eigenvalue weighted by Crippen LogP contribution is 1.90. The first kappa shape index (κ1) is 8.23. The molecule has 0 radical (unpaired) electrons. The van der Waals surface area contributed by atoms with Crippen LogP contribution < -0.4 is 5.32 Å². The van der Waals surface area contributed by atoms with Gasteiger partial charge in [-0.2, -0.15) is 0 Å². The Morgan fingerprint density at radius 3 is 2.00 bits per heavy atom. The normalized spacial score (nSPS) is 10.7. The average molecular weight is 133 g/mol. The van der Waals surface area contributed by atoms with Crippen molar-refractivity contribution in [1.29, 1.82) is 0 Å². The molecule has 9 heavy (non-hydrogen) atoms. The molecule has 0 aliphatic carbocycles. The van der Waals surface area contributed by atoms with Gasteiger partial charge in [-0.05, 0) is 0 Å². The molecule has 0 fully saturated rings. The largest absolute Gasteiger partial charge is 0.461 e. The van der Waals surface area contributed by atoms with Crippen molar-refractivity contribution in [2.24, 2.45) is 0 Å². The van der Waals surface area contributed by atoms with Gasteiger partial charge in [-0.15, -0.1) is 4.65 Å². The zero-order chi connectivity index (χ0) is 7.49. The fourth-order valence-corrected chi connectivity index (χ4v) is 0.294. The number of rotatable bonds is 1. The van der Waals surface area contributed by atoms with Gasteiger partial charge in [-0.25, -0.2) is 4.79 Å². The second-order valence-electron chi connectivity index (χ2n) is 2.52. The minimum atomic E-state index is -0.414. The van der Waals surface area contributed by atoms with Crippen molar-refractivity contribution in [1.82, 2.24) is 5.32 Å². The molecular formula is C5H13N2O2+. The highest BCUT2D eigenvalue weighted by Gasteiger charge is 2.12. The van der Waals surface area contributed by atoms with E-state index in [2.05, 4.69) is 5.32 Å². The van der Waals surface area contributed by atoms with E-state index in [4.69, 9.17) is 4.84 Å². The number of carbonyl (C=O) groups is 1. The first-order chi connectivity index (χ1) is 3.95. The standard InChI is InChI=1S/C5H12N2O2/c1-6-5(8)9-7(2,3)4/h1-4H3/p+1. The fraction of sp³-hybridized carbons (Fsp3) is 0.800. The number of nitrogens with zero attached hydrogens (tertiary/aromatic N) is 1. The van der Waals surface area contributed by atoms with Crippen molar-refractivity contribution in [3.63, 3.8) is 0 Å². The van der Waals surface area contributed by atoms with Gasteiger partial charge in [-0.3, -0.25) is 4.84 Å². The van der Waals surface area contributed by atoms with Crippen molar-refractivity contribution >= 4 is 6.09 Å². The highest BCUT2D eigenvalue weighted by molar-refractivity contribution is 5.65. The van der Waals surface area contributed by atoms with Crippen molar-refractivity contribution in [3.05, 3.63) is 0 Å². The van der Waals surface area contributed by atoms with Crippen molar-refractivity contribution < 1.29 is 14.3 Å². The molecule has 0 saturated heterocycles. The van der Waals surface area contributed by atoms with Crippen molar-refractivity contribution in [2.75, 3.05) is 28.2 Å². The van der Waals surface area contributed by atoms with Crippen LogP contribution >= 0.6 is 0 Å². The summed E-state index contributed by atoms with van der Waals surface area (Å²) < 4.78 is 0.180. The molecule has 0 bridgehead atoms. The third-order valence-electron chi connectivity index (χ3n) is 0.561.